The number of hydrogen-bond acceptors (Lipinski definition) is 4. The molecule has 1 aromatic heterocycles. The van der Waals surface area contributed by atoms with Crippen molar-refractivity contribution in [1.29, 1.82) is 0 Å². The van der Waals surface area contributed by atoms with E-state index >= 15 is 0 Å². The predicted molar refractivity (Wildman–Crippen MR) is 109 cm³/mol. The van der Waals surface area contributed by atoms with Gasteiger partial charge in [-0.1, -0.05) is 30.3 Å². The van der Waals surface area contributed by atoms with Crippen molar-refractivity contribution < 1.29 is 8.42 Å². The first kappa shape index (κ1) is 19.0. The van der Waals surface area contributed by atoms with Crippen LogP contribution in [0.1, 0.15) is 23.4 Å². The summed E-state index contributed by atoms with van der Waals surface area (Å²) < 4.78 is 27.7. The summed E-state index contributed by atoms with van der Waals surface area (Å²) in [4.78, 5) is 0.200. The Hall–Kier alpha value is -2.80. The number of benzene rings is 2. The number of sulfonamides is 1. The van der Waals surface area contributed by atoms with Crippen LogP contribution in [-0.2, 0) is 16.4 Å². The third kappa shape index (κ3) is 4.89. The van der Waals surface area contributed by atoms with E-state index in [1.807, 2.05) is 18.2 Å². The van der Waals surface area contributed by atoms with Gasteiger partial charge >= 0.3 is 0 Å². The second-order valence-electron chi connectivity index (χ2n) is 6.46. The van der Waals surface area contributed by atoms with Crippen LogP contribution in [0.2, 0.25) is 0 Å². The number of H-pyrrole nitrogens is 1. The molecule has 27 heavy (non-hydrogen) atoms. The van der Waals surface area contributed by atoms with E-state index in [0.717, 1.165) is 25.1 Å². The zero-order chi connectivity index (χ0) is 19.3. The maximum Gasteiger partial charge on any atom is 0.265 e. The average molecular weight is 385 g/mol. The number of rotatable bonds is 8. The van der Waals surface area contributed by atoms with Gasteiger partial charge in [-0.2, -0.15) is 5.10 Å². The second-order valence-corrected chi connectivity index (χ2v) is 8.08. The normalized spacial score (nSPS) is 11.3. The number of nitrogens with zero attached hydrogens (tertiary/aromatic N) is 1. The first-order valence-electron chi connectivity index (χ1n) is 8.88. The lowest BCUT2D eigenvalue weighted by Gasteiger charge is -2.10. The zero-order valence-corrected chi connectivity index (χ0v) is 16.3. The highest BCUT2D eigenvalue weighted by Crippen LogP contribution is 2.22. The Kier molecular flexibility index (Phi) is 5.81. The van der Waals surface area contributed by atoms with Crippen LogP contribution < -0.4 is 10.0 Å². The summed E-state index contributed by atoms with van der Waals surface area (Å²) in [6.45, 7) is 4.21. The van der Waals surface area contributed by atoms with Gasteiger partial charge in [0.25, 0.3) is 10.0 Å². The molecule has 2 aromatic carbocycles. The van der Waals surface area contributed by atoms with Crippen molar-refractivity contribution in [3.63, 3.8) is 0 Å². The van der Waals surface area contributed by atoms with Gasteiger partial charge in [-0.05, 0) is 56.5 Å². The van der Waals surface area contributed by atoms with Gasteiger partial charge in [0.15, 0.2) is 0 Å². The van der Waals surface area contributed by atoms with Crippen molar-refractivity contribution >= 4 is 21.4 Å². The second kappa shape index (κ2) is 8.26. The third-order valence-electron chi connectivity index (χ3n) is 4.28. The van der Waals surface area contributed by atoms with Crippen LogP contribution in [0.5, 0.6) is 0 Å². The Balaban J connectivity index is 1.54. The van der Waals surface area contributed by atoms with Crippen LogP contribution in [0.15, 0.2) is 59.5 Å². The monoisotopic (exact) mass is 384 g/mol. The highest BCUT2D eigenvalue weighted by Gasteiger charge is 2.22. The quantitative estimate of drug-likeness (QED) is 0.515. The molecule has 3 N–H and O–H groups in total. The van der Waals surface area contributed by atoms with E-state index in [0.29, 0.717) is 17.1 Å². The van der Waals surface area contributed by atoms with E-state index in [2.05, 4.69) is 44.5 Å². The van der Waals surface area contributed by atoms with E-state index in [4.69, 9.17) is 0 Å². The summed E-state index contributed by atoms with van der Waals surface area (Å²) in [6.07, 6.45) is 2.05. The van der Waals surface area contributed by atoms with E-state index < -0.39 is 10.0 Å². The average Bonchev–Trinajstić information content (AvgIpc) is 3.00. The number of nitrogens with one attached hydrogen (secondary N) is 3. The molecule has 3 aromatic rings. The number of hydrogen-bond donors (Lipinski definition) is 3. The molecule has 0 aliphatic heterocycles. The first-order valence-corrected chi connectivity index (χ1v) is 10.4. The molecule has 0 aliphatic carbocycles. The van der Waals surface area contributed by atoms with Crippen LogP contribution in [0, 0.1) is 13.8 Å². The van der Waals surface area contributed by atoms with Crippen LogP contribution in [0.3, 0.4) is 0 Å². The lowest BCUT2D eigenvalue weighted by Crippen LogP contribution is -2.14. The molecule has 0 fully saturated rings. The van der Waals surface area contributed by atoms with Crippen molar-refractivity contribution in [2.45, 2.75) is 31.6 Å². The highest BCUT2D eigenvalue weighted by molar-refractivity contribution is 7.92. The molecular formula is C20H24N4O2S. The van der Waals surface area contributed by atoms with Gasteiger partial charge in [-0.3, -0.25) is 9.82 Å². The maximum atomic E-state index is 12.5. The summed E-state index contributed by atoms with van der Waals surface area (Å²) in [5.74, 6) is 0. The number of aromatic amines is 1. The topological polar surface area (TPSA) is 86.9 Å². The smallest absolute Gasteiger partial charge is 0.265 e. The fourth-order valence-corrected chi connectivity index (χ4v) is 4.40. The van der Waals surface area contributed by atoms with Crippen LogP contribution in [0.25, 0.3) is 0 Å². The van der Waals surface area contributed by atoms with Gasteiger partial charge in [-0.15, -0.1) is 0 Å². The number of aryl methyl sites for hydroxylation is 3. The lowest BCUT2D eigenvalue weighted by atomic mass is 10.1. The molecule has 0 aliphatic rings. The summed E-state index contributed by atoms with van der Waals surface area (Å²) in [7, 11) is -3.66. The molecule has 6 nitrogen and oxygen atoms in total. The molecule has 1 heterocycles. The molecule has 7 heteroatoms. The minimum absolute atomic E-state index is 0.200. The van der Waals surface area contributed by atoms with Crippen LogP contribution in [-0.4, -0.2) is 25.2 Å². The van der Waals surface area contributed by atoms with Crippen molar-refractivity contribution in [2.75, 3.05) is 16.6 Å². The number of aromatic nitrogens is 2. The molecule has 0 spiro atoms. The molecular weight excluding hydrogens is 360 g/mol. The minimum Gasteiger partial charge on any atom is -0.385 e. The summed E-state index contributed by atoms with van der Waals surface area (Å²) in [5, 5.41) is 10.0. The predicted octanol–water partition coefficient (Wildman–Crippen LogP) is 3.87. The van der Waals surface area contributed by atoms with Gasteiger partial charge in [0, 0.05) is 17.9 Å². The maximum absolute atomic E-state index is 12.5. The van der Waals surface area contributed by atoms with Crippen molar-refractivity contribution in [1.82, 2.24) is 10.2 Å². The standard InChI is InChI=1S/C20H24N4O2S/c1-15-20(16(2)23-22-15)27(25,26)24-19-12-10-18(11-13-19)21-14-6-9-17-7-4-3-5-8-17/h3-5,7-8,10-13,21,24H,6,9,14H2,1-2H3,(H,22,23). The van der Waals surface area contributed by atoms with Crippen molar-refractivity contribution in [3.8, 4) is 0 Å². The Bertz CT molecular complexity index is 961. The van der Waals surface area contributed by atoms with Crippen molar-refractivity contribution in [3.05, 3.63) is 71.5 Å². The summed E-state index contributed by atoms with van der Waals surface area (Å²) in [5.41, 5.74) is 3.79. The van der Waals surface area contributed by atoms with Gasteiger partial charge in [-0.25, -0.2) is 8.42 Å². The Morgan fingerprint density at radius 2 is 1.63 bits per heavy atom. The Labute approximate surface area is 160 Å². The highest BCUT2D eigenvalue weighted by atomic mass is 32.2. The molecule has 3 rings (SSSR count). The van der Waals surface area contributed by atoms with E-state index in [1.165, 1.54) is 5.56 Å². The van der Waals surface area contributed by atoms with Crippen LogP contribution >= 0.6 is 0 Å². The SMILES string of the molecule is Cc1n[nH]c(C)c1S(=O)(=O)Nc1ccc(NCCCc2ccccc2)cc1. The fourth-order valence-electron chi connectivity index (χ4n) is 2.97. The molecule has 0 amide bonds. The van der Waals surface area contributed by atoms with Gasteiger partial charge < -0.3 is 5.32 Å². The van der Waals surface area contributed by atoms with Gasteiger partial charge in [0.05, 0.1) is 11.4 Å². The van der Waals surface area contributed by atoms with E-state index in [9.17, 15) is 8.42 Å². The third-order valence-corrected chi connectivity index (χ3v) is 5.92. The molecule has 0 bridgehead atoms. The van der Waals surface area contributed by atoms with Gasteiger partial charge in [0.2, 0.25) is 0 Å². The molecule has 0 atom stereocenters. The summed E-state index contributed by atoms with van der Waals surface area (Å²) in [6, 6.07) is 17.6. The zero-order valence-electron chi connectivity index (χ0n) is 15.5. The Morgan fingerprint density at radius 3 is 2.26 bits per heavy atom. The Morgan fingerprint density at radius 1 is 0.963 bits per heavy atom. The molecule has 0 unspecified atom stereocenters. The fraction of sp³-hybridized carbons (Fsp3) is 0.250. The first-order chi connectivity index (χ1) is 13.0. The minimum atomic E-state index is -3.66. The summed E-state index contributed by atoms with van der Waals surface area (Å²) >= 11 is 0. The van der Waals surface area contributed by atoms with E-state index in [-0.39, 0.29) is 4.90 Å². The molecule has 142 valence electrons. The number of anilines is 2. The molecule has 0 radical (unpaired) electrons. The van der Waals surface area contributed by atoms with Crippen molar-refractivity contribution in [2.24, 2.45) is 0 Å². The van der Waals surface area contributed by atoms with Crippen LogP contribution in [0.4, 0.5) is 11.4 Å². The largest absolute Gasteiger partial charge is 0.385 e. The molecule has 0 saturated carbocycles. The lowest BCUT2D eigenvalue weighted by molar-refractivity contribution is 0.600. The molecule has 0 saturated heterocycles. The van der Waals surface area contributed by atoms with E-state index in [1.54, 1.807) is 26.0 Å². The van der Waals surface area contributed by atoms with Gasteiger partial charge in [0.1, 0.15) is 4.90 Å².